The standard InChI is InChI=1S/C14H28O8/c1-10-11(9-17)22-14(18-2)13(20-6-4-16)12(10)21-8-7-19-5-3-15/h10-17H,3-9H2,1-2H3. The van der Waals surface area contributed by atoms with Crippen molar-refractivity contribution >= 4 is 0 Å². The minimum atomic E-state index is -0.678. The van der Waals surface area contributed by atoms with Crippen molar-refractivity contribution in [1.29, 1.82) is 0 Å². The molecule has 1 aliphatic heterocycles. The van der Waals surface area contributed by atoms with Gasteiger partial charge in [0, 0.05) is 13.0 Å². The molecule has 0 radical (unpaired) electrons. The van der Waals surface area contributed by atoms with Crippen LogP contribution in [0.15, 0.2) is 0 Å². The maximum Gasteiger partial charge on any atom is 0.186 e. The Morgan fingerprint density at radius 3 is 2.18 bits per heavy atom. The number of aliphatic hydroxyl groups is 3. The van der Waals surface area contributed by atoms with Gasteiger partial charge in [0.2, 0.25) is 0 Å². The van der Waals surface area contributed by atoms with E-state index < -0.39 is 18.5 Å². The molecule has 0 amide bonds. The Kier molecular flexibility index (Phi) is 10.1. The van der Waals surface area contributed by atoms with Crippen molar-refractivity contribution in [3.8, 4) is 0 Å². The zero-order valence-corrected chi connectivity index (χ0v) is 13.2. The summed E-state index contributed by atoms with van der Waals surface area (Å²) >= 11 is 0. The summed E-state index contributed by atoms with van der Waals surface area (Å²) < 4.78 is 27.5. The van der Waals surface area contributed by atoms with Gasteiger partial charge < -0.3 is 39.0 Å². The topological polar surface area (TPSA) is 107 Å². The minimum Gasteiger partial charge on any atom is -0.394 e. The zero-order chi connectivity index (χ0) is 16.4. The summed E-state index contributed by atoms with van der Waals surface area (Å²) in [5.74, 6) is -0.113. The van der Waals surface area contributed by atoms with Gasteiger partial charge >= 0.3 is 0 Å². The molecule has 0 bridgehead atoms. The summed E-state index contributed by atoms with van der Waals surface area (Å²) in [5.41, 5.74) is 0. The molecule has 1 heterocycles. The quantitative estimate of drug-likeness (QED) is 0.405. The normalized spacial score (nSPS) is 32.3. The number of hydrogen-bond acceptors (Lipinski definition) is 8. The summed E-state index contributed by atoms with van der Waals surface area (Å²) in [6.07, 6.45) is -1.96. The first-order valence-corrected chi connectivity index (χ1v) is 7.51. The third kappa shape index (κ3) is 5.71. The van der Waals surface area contributed by atoms with Crippen LogP contribution in [0.2, 0.25) is 0 Å². The highest BCUT2D eigenvalue weighted by molar-refractivity contribution is 4.89. The Morgan fingerprint density at radius 2 is 1.59 bits per heavy atom. The molecule has 22 heavy (non-hydrogen) atoms. The van der Waals surface area contributed by atoms with Crippen LogP contribution in [0.25, 0.3) is 0 Å². The fourth-order valence-corrected chi connectivity index (χ4v) is 2.46. The molecule has 1 rings (SSSR count). The third-order valence-electron chi connectivity index (χ3n) is 3.59. The monoisotopic (exact) mass is 324 g/mol. The highest BCUT2D eigenvalue weighted by Gasteiger charge is 2.45. The molecular weight excluding hydrogens is 296 g/mol. The molecule has 0 saturated carbocycles. The van der Waals surface area contributed by atoms with Crippen molar-refractivity contribution in [3.05, 3.63) is 0 Å². The second-order valence-electron chi connectivity index (χ2n) is 5.05. The summed E-state index contributed by atoms with van der Waals surface area (Å²) in [5, 5.41) is 27.0. The first-order chi connectivity index (χ1) is 10.7. The molecule has 0 aliphatic carbocycles. The van der Waals surface area contributed by atoms with Gasteiger partial charge in [0.05, 0.1) is 58.5 Å². The highest BCUT2D eigenvalue weighted by Crippen LogP contribution is 2.30. The predicted molar refractivity (Wildman–Crippen MR) is 76.4 cm³/mol. The molecule has 8 heteroatoms. The van der Waals surface area contributed by atoms with Gasteiger partial charge in [0.1, 0.15) is 6.10 Å². The van der Waals surface area contributed by atoms with E-state index in [0.717, 1.165) is 0 Å². The summed E-state index contributed by atoms with van der Waals surface area (Å²) in [7, 11) is 1.49. The van der Waals surface area contributed by atoms with Crippen LogP contribution in [0, 0.1) is 5.92 Å². The fraction of sp³-hybridized carbons (Fsp3) is 1.00. The number of hydrogen-bond donors (Lipinski definition) is 3. The van der Waals surface area contributed by atoms with E-state index in [9.17, 15) is 5.11 Å². The number of ether oxygens (including phenoxy) is 5. The number of aliphatic hydroxyl groups excluding tert-OH is 3. The molecule has 1 fully saturated rings. The van der Waals surface area contributed by atoms with Crippen LogP contribution in [0.5, 0.6) is 0 Å². The first kappa shape index (κ1) is 19.7. The molecule has 0 aromatic heterocycles. The van der Waals surface area contributed by atoms with E-state index in [0.29, 0.717) is 13.2 Å². The van der Waals surface area contributed by atoms with E-state index in [1.54, 1.807) is 0 Å². The number of rotatable bonds is 11. The van der Waals surface area contributed by atoms with Crippen LogP contribution in [0.4, 0.5) is 0 Å². The van der Waals surface area contributed by atoms with Crippen LogP contribution in [-0.2, 0) is 23.7 Å². The van der Waals surface area contributed by atoms with E-state index in [1.165, 1.54) is 7.11 Å². The van der Waals surface area contributed by atoms with E-state index >= 15 is 0 Å². The molecule has 3 N–H and O–H groups in total. The zero-order valence-electron chi connectivity index (χ0n) is 13.2. The number of methoxy groups -OCH3 is 1. The van der Waals surface area contributed by atoms with Crippen molar-refractivity contribution in [2.24, 2.45) is 5.92 Å². The maximum absolute atomic E-state index is 9.43. The smallest absolute Gasteiger partial charge is 0.186 e. The molecule has 1 saturated heterocycles. The summed E-state index contributed by atoms with van der Waals surface area (Å²) in [6, 6.07) is 0. The lowest BCUT2D eigenvalue weighted by Crippen LogP contribution is -2.57. The summed E-state index contributed by atoms with van der Waals surface area (Å²) in [6.45, 7) is 2.69. The van der Waals surface area contributed by atoms with Crippen LogP contribution < -0.4 is 0 Å². The van der Waals surface area contributed by atoms with Crippen LogP contribution in [-0.4, -0.2) is 93.3 Å². The molecule has 132 valence electrons. The van der Waals surface area contributed by atoms with Gasteiger partial charge in [-0.15, -0.1) is 0 Å². The van der Waals surface area contributed by atoms with Crippen LogP contribution in [0.1, 0.15) is 6.92 Å². The summed E-state index contributed by atoms with van der Waals surface area (Å²) in [4.78, 5) is 0. The maximum atomic E-state index is 9.43. The van der Waals surface area contributed by atoms with Gasteiger partial charge in [-0.1, -0.05) is 6.92 Å². The largest absolute Gasteiger partial charge is 0.394 e. The second kappa shape index (κ2) is 11.3. The predicted octanol–water partition coefficient (Wildman–Crippen LogP) is -1.24. The van der Waals surface area contributed by atoms with Gasteiger partial charge in [-0.25, -0.2) is 0 Å². The van der Waals surface area contributed by atoms with Gasteiger partial charge in [-0.05, 0) is 0 Å². The van der Waals surface area contributed by atoms with Crippen LogP contribution in [0.3, 0.4) is 0 Å². The van der Waals surface area contributed by atoms with Crippen molar-refractivity contribution < 1.29 is 39.0 Å². The molecule has 0 aromatic carbocycles. The molecule has 5 unspecified atom stereocenters. The Labute approximate surface area is 130 Å². The third-order valence-corrected chi connectivity index (χ3v) is 3.59. The first-order valence-electron chi connectivity index (χ1n) is 7.51. The van der Waals surface area contributed by atoms with Gasteiger partial charge in [0.25, 0.3) is 0 Å². The second-order valence-corrected chi connectivity index (χ2v) is 5.05. The van der Waals surface area contributed by atoms with Crippen molar-refractivity contribution in [3.63, 3.8) is 0 Å². The SMILES string of the molecule is COC1OC(CO)C(C)C(OCCOCCO)C1OCCO. The molecule has 0 aromatic rings. The fourth-order valence-electron chi connectivity index (χ4n) is 2.46. The molecule has 0 spiro atoms. The van der Waals surface area contributed by atoms with Crippen molar-refractivity contribution in [1.82, 2.24) is 0 Å². The van der Waals surface area contributed by atoms with Crippen LogP contribution >= 0.6 is 0 Å². The van der Waals surface area contributed by atoms with E-state index in [1.807, 2.05) is 6.92 Å². The molecule has 8 nitrogen and oxygen atoms in total. The highest BCUT2D eigenvalue weighted by atomic mass is 16.7. The Morgan fingerprint density at radius 1 is 0.909 bits per heavy atom. The molecular formula is C14H28O8. The Bertz CT molecular complexity index is 278. The lowest BCUT2D eigenvalue weighted by molar-refractivity contribution is -0.299. The Hall–Kier alpha value is -0.320. The van der Waals surface area contributed by atoms with E-state index in [4.69, 9.17) is 33.9 Å². The lowest BCUT2D eigenvalue weighted by Gasteiger charge is -2.44. The average Bonchev–Trinajstić information content (AvgIpc) is 2.54. The van der Waals surface area contributed by atoms with E-state index in [2.05, 4.69) is 0 Å². The molecule has 5 atom stereocenters. The minimum absolute atomic E-state index is 0.0335. The van der Waals surface area contributed by atoms with Crippen molar-refractivity contribution in [2.75, 3.05) is 53.4 Å². The van der Waals surface area contributed by atoms with Gasteiger partial charge in [-0.2, -0.15) is 0 Å². The van der Waals surface area contributed by atoms with Gasteiger partial charge in [0.15, 0.2) is 6.29 Å². The van der Waals surface area contributed by atoms with Gasteiger partial charge in [-0.3, -0.25) is 0 Å². The molecule has 1 aliphatic rings. The van der Waals surface area contributed by atoms with E-state index in [-0.39, 0.29) is 45.1 Å². The van der Waals surface area contributed by atoms with Crippen molar-refractivity contribution in [2.45, 2.75) is 31.5 Å². The lowest BCUT2D eigenvalue weighted by atomic mass is 9.90. The Balaban J connectivity index is 2.64. The average molecular weight is 324 g/mol.